The van der Waals surface area contributed by atoms with Crippen LogP contribution in [0.4, 0.5) is 0 Å². The lowest BCUT2D eigenvalue weighted by Crippen LogP contribution is -2.70. The maximum Gasteiger partial charge on any atom is 0.284 e. The topological polar surface area (TPSA) is 139 Å². The number of rotatable bonds is 29. The van der Waals surface area contributed by atoms with Gasteiger partial charge in [0.25, 0.3) is 9.19 Å². The molecule has 0 aromatic heterocycles. The van der Waals surface area contributed by atoms with E-state index in [4.69, 9.17) is 0 Å². The smallest absolute Gasteiger partial charge is 0.284 e. The van der Waals surface area contributed by atoms with E-state index >= 15 is 0 Å². The number of nitrogens with zero attached hydrogens (tertiary/aromatic N) is 1. The molecule has 3 amide bonds. The van der Waals surface area contributed by atoms with Crippen molar-refractivity contribution in [1.29, 1.82) is 0 Å². The van der Waals surface area contributed by atoms with E-state index in [0.717, 1.165) is 0 Å². The normalized spacial score (nSPS) is 10.0. The molecule has 298 valence electrons. The summed E-state index contributed by atoms with van der Waals surface area (Å²) in [6.07, 6.45) is 0. The van der Waals surface area contributed by atoms with Crippen LogP contribution >= 0.6 is 447 Å². The Kier molecular flexibility index (Phi) is 50.5. The second-order valence-electron chi connectivity index (χ2n) is 11.9. The molecule has 5 N–H and O–H groups in total. The number of halogens is 20. The van der Waals surface area contributed by atoms with Crippen LogP contribution in [0.2, 0.25) is 0 Å². The molecule has 0 aliphatic rings. The van der Waals surface area contributed by atoms with Gasteiger partial charge in [-0.05, 0) is 0 Å². The zero-order valence-electron chi connectivity index (χ0n) is 29.1. The quantitative estimate of drug-likeness (QED) is 0.0556. The highest BCUT2D eigenvalue weighted by Crippen LogP contribution is 2.32. The summed E-state index contributed by atoms with van der Waals surface area (Å²) in [7, 11) is 8.70. The summed E-state index contributed by atoms with van der Waals surface area (Å²) in [6, 6.07) is 0. The lowest BCUT2D eigenvalue weighted by molar-refractivity contribution is -0.126. The van der Waals surface area contributed by atoms with Crippen LogP contribution in [-0.2, 0) is 14.4 Å². The van der Waals surface area contributed by atoms with Crippen LogP contribution in [0, 0.1) is 0 Å². The molecule has 0 aromatic carbocycles. The zero-order valence-corrected chi connectivity index (χ0v) is 72.2. The monoisotopic (exact) mass is 3020 g/mol. The van der Waals surface area contributed by atoms with Crippen LogP contribution in [0.25, 0.3) is 0 Å². The summed E-state index contributed by atoms with van der Waals surface area (Å²) in [5.74, 6) is -1.09. The van der Waals surface area contributed by atoms with Crippen molar-refractivity contribution in [3.8, 4) is 0 Å². The molecule has 0 unspecified atom stereocenters. The minimum Gasteiger partial charge on any atom is -0.423 e. The summed E-state index contributed by atoms with van der Waals surface area (Å²) in [6.45, 7) is -2.11. The van der Waals surface area contributed by atoms with Crippen molar-refractivity contribution in [3.05, 3.63) is 0 Å². The van der Waals surface area contributed by atoms with E-state index in [2.05, 4.69) is 486 Å². The number of aliphatic hydroxyl groups excluding tert-OH is 3. The standard InChI is InChI=1S/C6H11B24I20N3O6/c31-11(7-9-13(33)34)15(37)27(51-4(57)1-54)23(45)19(41)17(39)21(43)25(47)29(49)53(6(59)3-56)30(50)26(48)22(44)18(40)20(42)24(46)28(52-5(58)2-55)16(38)12(32)8-10-14(35)36/h54-56H,1-3H2,(H,51,57)(H,52,58). The molecule has 0 saturated heterocycles. The molecule has 0 fully saturated rings. The van der Waals surface area contributed by atoms with Gasteiger partial charge >= 0.3 is 0 Å². The number of carbonyl (C=O) groups is 3. The lowest BCUT2D eigenvalue weighted by Gasteiger charge is -2.36. The minimum absolute atomic E-state index is 0.0128. The highest BCUT2D eigenvalue weighted by molar-refractivity contribution is 14.3. The molecule has 0 aliphatic heterocycles. The van der Waals surface area contributed by atoms with Gasteiger partial charge in [0.1, 0.15) is 28.5 Å². The summed E-state index contributed by atoms with van der Waals surface area (Å²) in [5.41, 5.74) is 0. The third kappa shape index (κ3) is 27.5. The van der Waals surface area contributed by atoms with E-state index in [0.29, 0.717) is 4.63 Å². The first-order valence-corrected chi connectivity index (χ1v) is 41.0. The van der Waals surface area contributed by atoms with Crippen LogP contribution in [0.3, 0.4) is 0 Å². The van der Waals surface area contributed by atoms with E-state index in [1.807, 2.05) is 4.72 Å². The molecule has 53 heteroatoms. The number of aliphatic hydroxyl groups is 3. The van der Waals surface area contributed by atoms with Gasteiger partial charge in [0.05, 0.1) is 14.1 Å². The van der Waals surface area contributed by atoms with E-state index in [1.54, 1.807) is 0 Å². The van der Waals surface area contributed by atoms with Gasteiger partial charge in [-0.3, -0.25) is 14.4 Å². The van der Waals surface area contributed by atoms with E-state index < -0.39 is 19.8 Å². The van der Waals surface area contributed by atoms with Crippen LogP contribution in [0.1, 0.15) is 0 Å². The van der Waals surface area contributed by atoms with E-state index in [9.17, 15) is 29.7 Å². The molecule has 0 aliphatic carbocycles. The zero-order chi connectivity index (χ0) is 46.2. The Morgan fingerprint density at radius 3 is 0.915 bits per heavy atom. The molecule has 0 spiro atoms. The average Bonchev–Trinajstić information content (AvgIpc) is 3.21. The maximum atomic E-state index is 13.7. The molecular weight excluding hydrogens is 3010 g/mol. The fraction of sp³-hybridized carbons (Fsp3) is 0.500. The highest BCUT2D eigenvalue weighted by Gasteiger charge is 2.56. The summed E-state index contributed by atoms with van der Waals surface area (Å²) < 4.78 is 3.47. The molecule has 0 aromatic rings. The van der Waals surface area contributed by atoms with E-state index in [-0.39, 0.29) is 101 Å². The fourth-order valence-corrected chi connectivity index (χ4v) is 28.5. The Balaban J connectivity index is 6.34. The van der Waals surface area contributed by atoms with Crippen molar-refractivity contribution in [2.45, 2.75) is 0 Å². The van der Waals surface area contributed by atoms with Gasteiger partial charge in [-0.15, -0.1) is 134 Å². The van der Waals surface area contributed by atoms with Gasteiger partial charge in [-0.2, -0.15) is 313 Å². The van der Waals surface area contributed by atoms with Gasteiger partial charge < -0.3 is 30.5 Å². The number of amides is 3. The molecule has 0 heterocycles. The molecule has 0 bridgehead atoms. The molecule has 9 nitrogen and oxygen atoms in total. The molecule has 4 radical (unpaired) electrons. The SMILES string of the molecule is O=C(CO)NB(B(I)B(I)[B][B]B(I)I)B(I)B(I)B(I)B(I)B(I)B(I)N(B(I)B(I)B(I)B(I)B(I)B(I)B(NC(=O)CO)B(I)B(I)[B][B]B(I)I)C(=O)CO. The largest absolute Gasteiger partial charge is 0.423 e. The predicted octanol–water partition coefficient (Wildman–Crippen LogP) is 4.43. The fourth-order valence-electron chi connectivity index (χ4n) is 4.67. The lowest BCUT2D eigenvalue weighted by atomic mass is 8.82. The summed E-state index contributed by atoms with van der Waals surface area (Å²) >= 11 is 48.9. The highest BCUT2D eigenvalue weighted by atomic mass is 127. The Labute approximate surface area is 628 Å². The Hall–Kier alpha value is 14.4. The molecule has 59 heavy (non-hydrogen) atoms. The Bertz CT molecular complexity index is 1190. The van der Waals surface area contributed by atoms with Crippen molar-refractivity contribution in [3.63, 3.8) is 0 Å². The van der Waals surface area contributed by atoms with Crippen molar-refractivity contribution in [1.82, 2.24) is 15.2 Å². The first-order chi connectivity index (χ1) is 27.2. The van der Waals surface area contributed by atoms with Crippen molar-refractivity contribution < 1.29 is 29.7 Å². The van der Waals surface area contributed by atoms with Crippen LogP contribution in [-0.4, -0.2) is 174 Å². The van der Waals surface area contributed by atoms with Crippen molar-refractivity contribution in [2.75, 3.05) is 19.8 Å². The van der Waals surface area contributed by atoms with Gasteiger partial charge in [0.2, 0.25) is 31.1 Å². The van der Waals surface area contributed by atoms with Gasteiger partial charge in [0, 0.05) is 14.1 Å². The second-order valence-corrected chi connectivity index (χ2v) is 44.7. The first-order valence-electron chi connectivity index (χ1n) is 16.1. The number of hydrogen-bond acceptors (Lipinski definition) is 6. The Morgan fingerprint density at radius 2 is 0.661 bits per heavy atom. The van der Waals surface area contributed by atoms with Crippen LogP contribution in [0.5, 0.6) is 0 Å². The number of carbonyl (C=O) groups excluding carboxylic acids is 3. The third-order valence-electron chi connectivity index (χ3n) is 7.72. The Morgan fingerprint density at radius 1 is 0.390 bits per heavy atom. The average molecular weight is 3020 g/mol. The molecule has 0 saturated carbocycles. The van der Waals surface area contributed by atoms with Gasteiger partial charge in [-0.25, -0.2) is 0 Å². The molecule has 0 atom stereocenters. The van der Waals surface area contributed by atoms with Gasteiger partial charge in [0.15, 0.2) is 56.8 Å². The number of nitrogens with one attached hydrogen (secondary N) is 2. The van der Waals surface area contributed by atoms with E-state index in [1.165, 1.54) is 0 Å². The predicted molar refractivity (Wildman–Crippen MR) is 463 cm³/mol. The van der Waals surface area contributed by atoms with Crippen molar-refractivity contribution in [2.24, 2.45) is 0 Å². The van der Waals surface area contributed by atoms with Crippen LogP contribution in [0.15, 0.2) is 0 Å². The van der Waals surface area contributed by atoms with Gasteiger partial charge in [-0.1, -0.05) is 0 Å². The molecular formula is C6H11B24I20N3O6. The van der Waals surface area contributed by atoms with Crippen LogP contribution < -0.4 is 10.5 Å². The maximum absolute atomic E-state index is 13.7. The molecule has 0 rings (SSSR count). The first kappa shape index (κ1) is 73.4. The third-order valence-corrected chi connectivity index (χ3v) is 49.4. The number of hydrogen-bond donors (Lipinski definition) is 5. The van der Waals surface area contributed by atoms with Crippen molar-refractivity contribution >= 4 is 581 Å². The second kappa shape index (κ2) is 40.6. The minimum atomic E-state index is -0.587. The summed E-state index contributed by atoms with van der Waals surface area (Å²) in [5, 5.41) is 35.8. The summed E-state index contributed by atoms with van der Waals surface area (Å²) in [4.78, 5) is 38.8.